The van der Waals surface area contributed by atoms with Gasteiger partial charge in [-0.1, -0.05) is 18.2 Å². The molecule has 12 heteroatoms. The quantitative estimate of drug-likeness (QED) is 0.551. The molecule has 0 radical (unpaired) electrons. The Morgan fingerprint density at radius 2 is 1.66 bits per heavy atom. The molecule has 0 spiro atoms. The molecule has 2 amide bonds. The molecule has 1 N–H and O–H groups in total. The third kappa shape index (κ3) is 5.65. The second kappa shape index (κ2) is 9.70. The Balaban J connectivity index is 1.52. The van der Waals surface area contributed by atoms with Gasteiger partial charge in [0.2, 0.25) is 11.8 Å². The van der Waals surface area contributed by atoms with Crippen molar-refractivity contribution in [2.75, 3.05) is 37.4 Å². The van der Waals surface area contributed by atoms with Gasteiger partial charge in [-0.15, -0.1) is 0 Å². The maximum Gasteiger partial charge on any atom is 0.416 e. The van der Waals surface area contributed by atoms with Crippen LogP contribution in [0.15, 0.2) is 59.6 Å². The van der Waals surface area contributed by atoms with E-state index in [9.17, 15) is 31.2 Å². The predicted octanol–water partition coefficient (Wildman–Crippen LogP) is 2.93. The number of aromatic nitrogens is 1. The maximum absolute atomic E-state index is 13.1. The molecular weight excluding hydrogens is 487 g/mol. The minimum Gasteiger partial charge on any atom is -0.378 e. The van der Waals surface area contributed by atoms with Gasteiger partial charge in [-0.3, -0.25) is 9.59 Å². The average Bonchev–Trinajstić information content (AvgIpc) is 3.18. The van der Waals surface area contributed by atoms with Crippen molar-refractivity contribution >= 4 is 38.2 Å². The number of halogens is 3. The van der Waals surface area contributed by atoms with E-state index in [1.165, 1.54) is 10.8 Å². The highest BCUT2D eigenvalue weighted by Gasteiger charge is 2.30. The minimum absolute atomic E-state index is 0.0386. The van der Waals surface area contributed by atoms with Crippen LogP contribution in [-0.2, 0) is 36.9 Å². The number of amides is 2. The number of benzene rings is 2. The number of nitrogens with one attached hydrogen (secondary N) is 1. The third-order valence-corrected chi connectivity index (χ3v) is 7.21. The number of hydrogen-bond acceptors (Lipinski definition) is 5. The van der Waals surface area contributed by atoms with Crippen LogP contribution in [-0.4, -0.2) is 61.8 Å². The first kappa shape index (κ1) is 24.7. The Kier molecular flexibility index (Phi) is 6.86. The molecule has 186 valence electrons. The summed E-state index contributed by atoms with van der Waals surface area (Å²) in [4.78, 5) is 26.7. The van der Waals surface area contributed by atoms with Gasteiger partial charge in [0, 0.05) is 35.9 Å². The lowest BCUT2D eigenvalue weighted by Gasteiger charge is -2.27. The number of alkyl halides is 3. The molecule has 3 aromatic rings. The van der Waals surface area contributed by atoms with E-state index in [4.69, 9.17) is 4.74 Å². The molecule has 1 aliphatic heterocycles. The van der Waals surface area contributed by atoms with Crippen LogP contribution in [0.5, 0.6) is 0 Å². The number of carbonyl (C=O) groups is 2. The Morgan fingerprint density at radius 1 is 1.00 bits per heavy atom. The van der Waals surface area contributed by atoms with Gasteiger partial charge in [-0.25, -0.2) is 8.42 Å². The van der Waals surface area contributed by atoms with Crippen LogP contribution in [0, 0.1) is 0 Å². The van der Waals surface area contributed by atoms with Gasteiger partial charge in [0.1, 0.15) is 12.3 Å². The van der Waals surface area contributed by atoms with E-state index in [-0.39, 0.29) is 23.0 Å². The number of ether oxygens (including phenoxy) is 1. The number of morpholine rings is 1. The van der Waals surface area contributed by atoms with Gasteiger partial charge in [0.15, 0.2) is 9.84 Å². The summed E-state index contributed by atoms with van der Waals surface area (Å²) >= 11 is 0. The highest BCUT2D eigenvalue weighted by Crippen LogP contribution is 2.30. The number of nitrogens with zero attached hydrogens (tertiary/aromatic N) is 2. The summed E-state index contributed by atoms with van der Waals surface area (Å²) in [5, 5.41) is 2.68. The molecular formula is C23H22F3N3O5S. The Hall–Kier alpha value is -3.38. The highest BCUT2D eigenvalue weighted by molar-refractivity contribution is 7.92. The van der Waals surface area contributed by atoms with Crippen molar-refractivity contribution < 1.29 is 35.9 Å². The number of anilines is 1. The van der Waals surface area contributed by atoms with Crippen molar-refractivity contribution in [2.24, 2.45) is 0 Å². The molecule has 8 nitrogen and oxygen atoms in total. The lowest BCUT2D eigenvalue weighted by molar-refractivity contribution is -0.137. The number of carbonyl (C=O) groups excluding carboxylic acids is 2. The summed E-state index contributed by atoms with van der Waals surface area (Å²) in [7, 11) is -4.14. The zero-order chi connectivity index (χ0) is 25.2. The molecule has 0 aliphatic carbocycles. The van der Waals surface area contributed by atoms with Crippen molar-refractivity contribution in [1.82, 2.24) is 9.47 Å². The number of rotatable bonds is 6. The number of fused-ring (bicyclic) bond motifs is 1. The summed E-state index contributed by atoms with van der Waals surface area (Å²) in [5.74, 6) is -2.00. The normalized spacial score (nSPS) is 14.8. The van der Waals surface area contributed by atoms with E-state index in [2.05, 4.69) is 5.32 Å². The molecule has 1 aromatic heterocycles. The topological polar surface area (TPSA) is 97.7 Å². The molecule has 0 saturated carbocycles. The Labute approximate surface area is 199 Å². The fraction of sp³-hybridized carbons (Fsp3) is 0.304. The smallest absolute Gasteiger partial charge is 0.378 e. The fourth-order valence-electron chi connectivity index (χ4n) is 3.84. The fourth-order valence-corrected chi connectivity index (χ4v) is 5.21. The molecule has 4 rings (SSSR count). The largest absolute Gasteiger partial charge is 0.416 e. The van der Waals surface area contributed by atoms with Crippen LogP contribution >= 0.6 is 0 Å². The SMILES string of the molecule is O=C(CS(=O)(=O)c1cn(CC(=O)N2CCOCC2)c2ccccc12)Nc1ccc(C(F)(F)F)cc1. The molecule has 35 heavy (non-hydrogen) atoms. The molecule has 1 aliphatic rings. The number of sulfone groups is 1. The molecule has 1 saturated heterocycles. The van der Waals surface area contributed by atoms with Gasteiger partial charge in [-0.2, -0.15) is 13.2 Å². The van der Waals surface area contributed by atoms with Crippen LogP contribution in [0.1, 0.15) is 5.56 Å². The van der Waals surface area contributed by atoms with Crippen LogP contribution in [0.2, 0.25) is 0 Å². The van der Waals surface area contributed by atoms with Crippen molar-refractivity contribution in [1.29, 1.82) is 0 Å². The molecule has 2 aromatic carbocycles. The van der Waals surface area contributed by atoms with E-state index in [1.54, 1.807) is 29.2 Å². The lowest BCUT2D eigenvalue weighted by Crippen LogP contribution is -2.42. The molecule has 0 bridgehead atoms. The average molecular weight is 510 g/mol. The summed E-state index contributed by atoms with van der Waals surface area (Å²) < 4.78 is 71.1. The summed E-state index contributed by atoms with van der Waals surface area (Å²) in [6.07, 6.45) is -3.19. The second-order valence-electron chi connectivity index (χ2n) is 8.01. The third-order valence-electron chi connectivity index (χ3n) is 5.57. The van der Waals surface area contributed by atoms with Gasteiger partial charge in [0.05, 0.1) is 23.7 Å². The highest BCUT2D eigenvalue weighted by atomic mass is 32.2. The monoisotopic (exact) mass is 509 g/mol. The van der Waals surface area contributed by atoms with E-state index >= 15 is 0 Å². The van der Waals surface area contributed by atoms with Gasteiger partial charge in [0.25, 0.3) is 0 Å². The van der Waals surface area contributed by atoms with Crippen LogP contribution < -0.4 is 5.32 Å². The maximum atomic E-state index is 13.1. The first-order valence-electron chi connectivity index (χ1n) is 10.7. The lowest BCUT2D eigenvalue weighted by atomic mass is 10.2. The Morgan fingerprint density at radius 3 is 2.31 bits per heavy atom. The second-order valence-corrected chi connectivity index (χ2v) is 9.97. The van der Waals surface area contributed by atoms with Gasteiger partial charge >= 0.3 is 6.18 Å². The van der Waals surface area contributed by atoms with Crippen molar-refractivity contribution in [3.63, 3.8) is 0 Å². The van der Waals surface area contributed by atoms with E-state index in [1.807, 2.05) is 0 Å². The standard InChI is InChI=1S/C23H22F3N3O5S/c24-23(25,26)16-5-7-17(8-6-16)27-21(30)15-35(32,33)20-13-29(19-4-2-1-3-18(19)20)14-22(31)28-9-11-34-12-10-28/h1-8,13H,9-12,14-15H2,(H,27,30). The summed E-state index contributed by atoms with van der Waals surface area (Å²) in [5.41, 5.74) is -0.324. The predicted molar refractivity (Wildman–Crippen MR) is 121 cm³/mol. The van der Waals surface area contributed by atoms with Crippen molar-refractivity contribution in [3.8, 4) is 0 Å². The summed E-state index contributed by atoms with van der Waals surface area (Å²) in [6, 6.07) is 10.3. The van der Waals surface area contributed by atoms with Gasteiger partial charge < -0.3 is 19.5 Å². The van der Waals surface area contributed by atoms with Crippen LogP contribution in [0.25, 0.3) is 10.9 Å². The van der Waals surface area contributed by atoms with Crippen LogP contribution in [0.3, 0.4) is 0 Å². The minimum atomic E-state index is -4.52. The molecule has 1 fully saturated rings. The van der Waals surface area contributed by atoms with Gasteiger partial charge in [-0.05, 0) is 30.3 Å². The number of hydrogen-bond donors (Lipinski definition) is 1. The first-order valence-corrected chi connectivity index (χ1v) is 12.3. The Bertz CT molecular complexity index is 1340. The zero-order valence-corrected chi connectivity index (χ0v) is 19.2. The van der Waals surface area contributed by atoms with Crippen molar-refractivity contribution in [2.45, 2.75) is 17.6 Å². The van der Waals surface area contributed by atoms with E-state index in [0.29, 0.717) is 37.2 Å². The zero-order valence-electron chi connectivity index (χ0n) is 18.4. The van der Waals surface area contributed by atoms with E-state index < -0.39 is 33.2 Å². The van der Waals surface area contributed by atoms with E-state index in [0.717, 1.165) is 24.3 Å². The summed E-state index contributed by atoms with van der Waals surface area (Å²) in [6.45, 7) is 1.70. The van der Waals surface area contributed by atoms with Crippen LogP contribution in [0.4, 0.5) is 18.9 Å². The number of para-hydroxylation sites is 1. The first-order chi connectivity index (χ1) is 16.5. The molecule has 2 heterocycles. The molecule has 0 atom stereocenters. The molecule has 0 unspecified atom stereocenters. The van der Waals surface area contributed by atoms with Crippen molar-refractivity contribution in [3.05, 3.63) is 60.3 Å².